The molecule has 218 valence electrons. The fourth-order valence-corrected chi connectivity index (χ4v) is 5.44. The molecule has 4 aromatic rings. The van der Waals surface area contributed by atoms with E-state index in [-0.39, 0.29) is 30.5 Å². The van der Waals surface area contributed by atoms with Gasteiger partial charge in [0.25, 0.3) is 0 Å². The number of hydrogen-bond donors (Lipinski definition) is 0. The molecule has 2 aliphatic rings. The second-order valence-electron chi connectivity index (χ2n) is 9.51. The largest absolute Gasteiger partial charge is 0.534 e. The Hall–Kier alpha value is -4.23. The molecule has 0 aliphatic carbocycles. The molecule has 42 heavy (non-hydrogen) atoms. The van der Waals surface area contributed by atoms with Crippen molar-refractivity contribution in [2.24, 2.45) is 0 Å². The van der Waals surface area contributed by atoms with E-state index < -0.39 is 38.7 Å². The second-order valence-corrected chi connectivity index (χ2v) is 11.0. The molecule has 1 spiro atoms. The molecule has 0 radical (unpaired) electrons. The highest BCUT2D eigenvalue weighted by atomic mass is 32.2. The summed E-state index contributed by atoms with van der Waals surface area (Å²) in [7, 11) is -5.93. The summed E-state index contributed by atoms with van der Waals surface area (Å²) >= 11 is 0. The van der Waals surface area contributed by atoms with Crippen LogP contribution in [0.2, 0.25) is 0 Å². The first-order valence-electron chi connectivity index (χ1n) is 12.3. The van der Waals surface area contributed by atoms with E-state index in [1.54, 1.807) is 18.2 Å². The van der Waals surface area contributed by atoms with Gasteiger partial charge < -0.3 is 18.4 Å². The zero-order valence-electron chi connectivity index (χ0n) is 21.1. The van der Waals surface area contributed by atoms with E-state index in [4.69, 9.17) is 14.2 Å². The van der Waals surface area contributed by atoms with Gasteiger partial charge in [-0.3, -0.25) is 0 Å². The summed E-state index contributed by atoms with van der Waals surface area (Å²) in [4.78, 5) is 0. The third-order valence-electron chi connectivity index (χ3n) is 6.90. The van der Waals surface area contributed by atoms with Crippen molar-refractivity contribution < 1.29 is 53.2 Å². The Balaban J connectivity index is 1.37. The average molecular weight is 609 g/mol. The standard InChI is InChI=1S/C29H18F6O6S/c30-28(31,32)19-7-5-17(6-8-19)15-38-20-9-11-23-25(13-20)40-26-14-21(41-42(36,37)29(33,34)35)10-12-24(26)27(23)22-4-2-1-3-18(22)16-39-27/h1-14H,15-16H2. The highest BCUT2D eigenvalue weighted by molar-refractivity contribution is 7.88. The molecule has 0 fully saturated rings. The maximum absolute atomic E-state index is 12.9. The first-order valence-corrected chi connectivity index (χ1v) is 13.7. The number of alkyl halides is 6. The Bertz CT molecular complexity index is 1780. The molecular weight excluding hydrogens is 590 g/mol. The first kappa shape index (κ1) is 27.9. The van der Waals surface area contributed by atoms with Crippen LogP contribution in [-0.2, 0) is 39.8 Å². The number of fused-ring (bicyclic) bond motifs is 6. The summed E-state index contributed by atoms with van der Waals surface area (Å²) in [6.07, 6.45) is -4.47. The average Bonchev–Trinajstić information content (AvgIpc) is 3.30. The molecule has 0 aromatic heterocycles. The summed E-state index contributed by atoms with van der Waals surface area (Å²) in [5, 5.41) is 0. The first-order chi connectivity index (χ1) is 19.8. The lowest BCUT2D eigenvalue weighted by Gasteiger charge is -2.37. The maximum Gasteiger partial charge on any atom is 0.534 e. The quantitative estimate of drug-likeness (QED) is 0.133. The molecule has 0 bridgehead atoms. The summed E-state index contributed by atoms with van der Waals surface area (Å²) in [6.45, 7) is 0.146. The Labute approximate surface area is 235 Å². The van der Waals surface area contributed by atoms with E-state index in [1.807, 2.05) is 18.2 Å². The van der Waals surface area contributed by atoms with Crippen LogP contribution in [0, 0.1) is 0 Å². The molecule has 4 aromatic carbocycles. The lowest BCUT2D eigenvalue weighted by atomic mass is 9.77. The summed E-state index contributed by atoms with van der Waals surface area (Å²) in [5.74, 6) is -0.134. The predicted octanol–water partition coefficient (Wildman–Crippen LogP) is 7.44. The van der Waals surface area contributed by atoms with Crippen molar-refractivity contribution in [1.29, 1.82) is 0 Å². The molecule has 0 amide bonds. The van der Waals surface area contributed by atoms with Crippen LogP contribution in [0.5, 0.6) is 23.0 Å². The van der Waals surface area contributed by atoms with Crippen LogP contribution < -0.4 is 13.7 Å². The van der Waals surface area contributed by atoms with Crippen molar-refractivity contribution in [3.8, 4) is 23.0 Å². The van der Waals surface area contributed by atoms with E-state index in [9.17, 15) is 34.8 Å². The SMILES string of the molecule is O=S(=O)(Oc1ccc2c(c1)Oc1cc(OCc3ccc(C(F)(F)F)cc3)ccc1C21OCc2ccccc21)C(F)(F)F. The highest BCUT2D eigenvalue weighted by Gasteiger charge is 2.51. The van der Waals surface area contributed by atoms with Crippen molar-refractivity contribution in [1.82, 2.24) is 0 Å². The van der Waals surface area contributed by atoms with Gasteiger partial charge in [0, 0.05) is 23.3 Å². The second kappa shape index (κ2) is 9.66. The summed E-state index contributed by atoms with van der Waals surface area (Å²) < 4.78 is 123. The van der Waals surface area contributed by atoms with Crippen LogP contribution in [0.25, 0.3) is 0 Å². The van der Waals surface area contributed by atoms with Crippen molar-refractivity contribution in [2.45, 2.75) is 30.5 Å². The van der Waals surface area contributed by atoms with Gasteiger partial charge in [0.05, 0.1) is 12.2 Å². The topological polar surface area (TPSA) is 71.1 Å². The molecule has 1 atom stereocenters. The van der Waals surface area contributed by atoms with Crippen LogP contribution >= 0.6 is 0 Å². The molecule has 1 unspecified atom stereocenters. The van der Waals surface area contributed by atoms with Gasteiger partial charge in [0.15, 0.2) is 5.60 Å². The van der Waals surface area contributed by atoms with Gasteiger partial charge in [0.1, 0.15) is 29.6 Å². The lowest BCUT2D eigenvalue weighted by molar-refractivity contribution is -0.137. The Morgan fingerprint density at radius 1 is 0.762 bits per heavy atom. The molecule has 0 saturated heterocycles. The summed E-state index contributed by atoms with van der Waals surface area (Å²) in [5.41, 5.74) is -4.61. The van der Waals surface area contributed by atoms with Gasteiger partial charge in [-0.05, 0) is 53.1 Å². The zero-order valence-corrected chi connectivity index (χ0v) is 21.9. The number of halogens is 6. The van der Waals surface area contributed by atoms with Crippen LogP contribution in [0.3, 0.4) is 0 Å². The third kappa shape index (κ3) is 4.71. The van der Waals surface area contributed by atoms with E-state index in [0.29, 0.717) is 16.7 Å². The molecular formula is C29H18F6O6S. The molecule has 2 aliphatic heterocycles. The molecule has 13 heteroatoms. The van der Waals surface area contributed by atoms with Crippen molar-refractivity contribution in [3.05, 3.63) is 118 Å². The van der Waals surface area contributed by atoms with E-state index in [1.165, 1.54) is 24.3 Å². The van der Waals surface area contributed by atoms with E-state index in [2.05, 4.69) is 4.18 Å². The maximum atomic E-state index is 12.9. The van der Waals surface area contributed by atoms with Crippen molar-refractivity contribution in [2.75, 3.05) is 0 Å². The fraction of sp³-hybridized carbons (Fsp3) is 0.172. The van der Waals surface area contributed by atoms with Crippen LogP contribution in [0.1, 0.15) is 33.4 Å². The Kier molecular flexibility index (Phi) is 6.42. The van der Waals surface area contributed by atoms with Gasteiger partial charge in [-0.1, -0.05) is 36.4 Å². The fourth-order valence-electron chi connectivity index (χ4n) is 4.99. The smallest absolute Gasteiger partial charge is 0.489 e. The van der Waals surface area contributed by atoms with Gasteiger partial charge in [-0.15, -0.1) is 0 Å². The number of ether oxygens (including phenoxy) is 3. The van der Waals surface area contributed by atoms with Crippen LogP contribution in [-0.4, -0.2) is 13.9 Å². The number of hydrogen-bond acceptors (Lipinski definition) is 6. The minimum absolute atomic E-state index is 0.00559. The van der Waals surface area contributed by atoms with Crippen LogP contribution in [0.4, 0.5) is 26.3 Å². The van der Waals surface area contributed by atoms with Gasteiger partial charge >= 0.3 is 21.8 Å². The van der Waals surface area contributed by atoms with Crippen molar-refractivity contribution in [3.63, 3.8) is 0 Å². The van der Waals surface area contributed by atoms with Gasteiger partial charge in [-0.2, -0.15) is 34.8 Å². The third-order valence-corrected chi connectivity index (χ3v) is 7.88. The van der Waals surface area contributed by atoms with Gasteiger partial charge in [-0.25, -0.2) is 0 Å². The molecule has 6 rings (SSSR count). The molecule has 0 N–H and O–H groups in total. The Morgan fingerprint density at radius 2 is 1.38 bits per heavy atom. The Morgan fingerprint density at radius 3 is 2.02 bits per heavy atom. The van der Waals surface area contributed by atoms with Crippen molar-refractivity contribution >= 4 is 10.1 Å². The number of rotatable bonds is 5. The monoisotopic (exact) mass is 608 g/mol. The molecule has 6 nitrogen and oxygen atoms in total. The minimum Gasteiger partial charge on any atom is -0.489 e. The molecule has 0 saturated carbocycles. The van der Waals surface area contributed by atoms with Crippen LogP contribution in [0.15, 0.2) is 84.9 Å². The van der Waals surface area contributed by atoms with E-state index >= 15 is 0 Å². The number of benzene rings is 4. The summed E-state index contributed by atoms with van der Waals surface area (Å²) in [6, 6.07) is 20.2. The normalized spacial score (nSPS) is 17.7. The minimum atomic E-state index is -5.93. The van der Waals surface area contributed by atoms with E-state index in [0.717, 1.165) is 35.4 Å². The lowest BCUT2D eigenvalue weighted by Crippen LogP contribution is -2.32. The predicted molar refractivity (Wildman–Crippen MR) is 135 cm³/mol. The zero-order chi connectivity index (χ0) is 29.9. The molecule has 2 heterocycles. The highest BCUT2D eigenvalue weighted by Crippen LogP contribution is 2.57. The van der Waals surface area contributed by atoms with Gasteiger partial charge in [0.2, 0.25) is 0 Å².